The Morgan fingerprint density at radius 1 is 1.02 bits per heavy atom. The molecule has 2 N–H and O–H groups in total. The summed E-state index contributed by atoms with van der Waals surface area (Å²) in [6, 6.07) is 6.80. The molecular formula is C26H26F6N4O4. The number of fused-ring (bicyclic) bond motifs is 7. The third-order valence-corrected chi connectivity index (χ3v) is 6.17. The minimum absolute atomic E-state index is 0.0846. The highest BCUT2D eigenvalue weighted by atomic mass is 19.4. The van der Waals surface area contributed by atoms with E-state index in [2.05, 4.69) is 20.5 Å². The first-order valence-electron chi connectivity index (χ1n) is 12.3. The molecule has 0 radical (unpaired) electrons. The average molecular weight is 573 g/mol. The Labute approximate surface area is 224 Å². The fourth-order valence-corrected chi connectivity index (χ4v) is 4.30. The van der Waals surface area contributed by atoms with Crippen LogP contribution >= 0.6 is 0 Å². The molecule has 0 fully saturated rings. The van der Waals surface area contributed by atoms with Crippen LogP contribution in [0.25, 0.3) is 22.8 Å². The summed E-state index contributed by atoms with van der Waals surface area (Å²) >= 11 is 0. The lowest BCUT2D eigenvalue weighted by Crippen LogP contribution is -2.42. The van der Waals surface area contributed by atoms with Crippen LogP contribution in [0.5, 0.6) is 0 Å². The Morgan fingerprint density at radius 3 is 2.38 bits per heavy atom. The normalized spacial score (nSPS) is 18.4. The second kappa shape index (κ2) is 10.4. The van der Waals surface area contributed by atoms with Crippen molar-refractivity contribution in [3.63, 3.8) is 0 Å². The zero-order chi connectivity index (χ0) is 29.5. The maximum Gasteiger partial charge on any atom is 0.426 e. The topological polar surface area (TPSA) is 110 Å². The Kier molecular flexibility index (Phi) is 7.60. The second-order valence-corrected chi connectivity index (χ2v) is 10.4. The Hall–Kier alpha value is -3.68. The van der Waals surface area contributed by atoms with Gasteiger partial charge in [-0.1, -0.05) is 30.7 Å². The van der Waals surface area contributed by atoms with Gasteiger partial charge in [-0.05, 0) is 58.1 Å². The number of aryl methyl sites for hydroxylation is 1. The highest BCUT2D eigenvalue weighted by molar-refractivity contribution is 5.90. The molecule has 1 atom stereocenters. The summed E-state index contributed by atoms with van der Waals surface area (Å²) in [6.45, 7) is 4.58. The third-order valence-electron chi connectivity index (χ3n) is 6.17. The number of rotatable bonds is 1. The highest BCUT2D eigenvalue weighted by Gasteiger charge is 2.58. The van der Waals surface area contributed by atoms with E-state index >= 15 is 0 Å². The Morgan fingerprint density at radius 2 is 1.73 bits per heavy atom. The van der Waals surface area contributed by atoms with Crippen molar-refractivity contribution in [3.05, 3.63) is 47.3 Å². The maximum absolute atomic E-state index is 14.3. The number of halogens is 6. The standard InChI is InChI=1S/C26H26F6N4O4/c1-23(2,3)40-22(37)33-17-13-16(25(27,28)29)18-15-11-7-6-10-14(15)9-5-4-8-12-24(38,26(30,31)32)21-36-35-20(39-21)19(17)34-18/h6-7,10-11,13,38H,4-5,8-9,12H2,1-3H3,(H,33,37). The van der Waals surface area contributed by atoms with Crippen molar-refractivity contribution < 1.29 is 45.4 Å². The van der Waals surface area contributed by atoms with Crippen LogP contribution in [0.1, 0.15) is 63.5 Å². The molecule has 4 bridgehead atoms. The molecule has 14 heteroatoms. The minimum Gasteiger partial charge on any atom is -0.444 e. The Balaban J connectivity index is 2.00. The smallest absolute Gasteiger partial charge is 0.426 e. The lowest BCUT2D eigenvalue weighted by atomic mass is 9.92. The van der Waals surface area contributed by atoms with Gasteiger partial charge in [0.05, 0.1) is 16.9 Å². The van der Waals surface area contributed by atoms with Gasteiger partial charge in [-0.25, -0.2) is 9.78 Å². The molecular weight excluding hydrogens is 546 g/mol. The molecule has 216 valence electrons. The van der Waals surface area contributed by atoms with Gasteiger partial charge < -0.3 is 14.3 Å². The van der Waals surface area contributed by atoms with Gasteiger partial charge >= 0.3 is 18.4 Å². The third kappa shape index (κ3) is 6.06. The van der Waals surface area contributed by atoms with Crippen LogP contribution in [0, 0.1) is 0 Å². The van der Waals surface area contributed by atoms with Crippen molar-refractivity contribution in [3.8, 4) is 22.8 Å². The summed E-state index contributed by atoms with van der Waals surface area (Å²) in [5, 5.41) is 19.7. The first-order chi connectivity index (χ1) is 18.5. The molecule has 0 saturated carbocycles. The monoisotopic (exact) mass is 572 g/mol. The van der Waals surface area contributed by atoms with Gasteiger partial charge in [-0.15, -0.1) is 10.2 Å². The van der Waals surface area contributed by atoms with E-state index in [0.29, 0.717) is 18.1 Å². The number of benzene rings is 1. The zero-order valence-corrected chi connectivity index (χ0v) is 21.7. The number of hydrogen-bond donors (Lipinski definition) is 2. The van der Waals surface area contributed by atoms with E-state index in [0.717, 1.165) is 0 Å². The quantitative estimate of drug-likeness (QED) is 0.301. The van der Waals surface area contributed by atoms with Crippen molar-refractivity contribution >= 4 is 11.8 Å². The van der Waals surface area contributed by atoms with Crippen molar-refractivity contribution in [1.82, 2.24) is 15.2 Å². The average Bonchev–Trinajstić information content (AvgIpc) is 3.31. The van der Waals surface area contributed by atoms with E-state index < -0.39 is 70.5 Å². The van der Waals surface area contributed by atoms with Crippen molar-refractivity contribution in [2.45, 2.75) is 76.4 Å². The summed E-state index contributed by atoms with van der Waals surface area (Å²) in [5.74, 6) is -1.94. The summed E-state index contributed by atoms with van der Waals surface area (Å²) in [4.78, 5) is 16.6. The molecule has 4 rings (SSSR count). The number of aromatic nitrogens is 3. The van der Waals surface area contributed by atoms with Crippen LogP contribution < -0.4 is 5.32 Å². The van der Waals surface area contributed by atoms with E-state index in [1.165, 1.54) is 32.9 Å². The number of ether oxygens (including phenoxy) is 1. The van der Waals surface area contributed by atoms with Crippen molar-refractivity contribution in [2.75, 3.05) is 5.32 Å². The van der Waals surface area contributed by atoms with E-state index in [4.69, 9.17) is 9.15 Å². The molecule has 2 aromatic heterocycles. The van der Waals surface area contributed by atoms with Crippen LogP contribution in [0.15, 0.2) is 34.7 Å². The lowest BCUT2D eigenvalue weighted by molar-refractivity contribution is -0.277. The fourth-order valence-electron chi connectivity index (χ4n) is 4.30. The number of anilines is 1. The second-order valence-electron chi connectivity index (χ2n) is 10.4. The SMILES string of the molecule is CC(C)(C)OC(=O)Nc1cc(C(F)(F)F)c2nc1-c1nnc(o1)C(O)(C(F)(F)F)CCCCCc1ccccc1-2. The van der Waals surface area contributed by atoms with Gasteiger partial charge in [-0.2, -0.15) is 26.3 Å². The molecule has 0 spiro atoms. The summed E-state index contributed by atoms with van der Waals surface area (Å²) in [5.41, 5.74) is -6.81. The van der Waals surface area contributed by atoms with Crippen LogP contribution in [0.3, 0.4) is 0 Å². The molecule has 0 saturated heterocycles. The number of aliphatic hydroxyl groups is 1. The van der Waals surface area contributed by atoms with E-state index in [1.54, 1.807) is 12.1 Å². The Bertz CT molecular complexity index is 1400. The van der Waals surface area contributed by atoms with E-state index in [-0.39, 0.29) is 24.8 Å². The molecule has 8 nitrogen and oxygen atoms in total. The number of nitrogens with zero attached hydrogens (tertiary/aromatic N) is 3. The van der Waals surface area contributed by atoms with E-state index in [9.17, 15) is 36.2 Å². The number of alkyl halides is 6. The van der Waals surface area contributed by atoms with Gasteiger partial charge in [0.25, 0.3) is 11.8 Å². The molecule has 1 amide bonds. The van der Waals surface area contributed by atoms with Crippen LogP contribution in [-0.4, -0.2) is 38.2 Å². The number of hydrogen-bond acceptors (Lipinski definition) is 7. The van der Waals surface area contributed by atoms with Gasteiger partial charge in [0, 0.05) is 5.56 Å². The van der Waals surface area contributed by atoms with Crippen LogP contribution in [-0.2, 0) is 22.9 Å². The van der Waals surface area contributed by atoms with Gasteiger partial charge in [0.1, 0.15) is 5.60 Å². The fraction of sp³-hybridized carbons (Fsp3) is 0.462. The minimum atomic E-state index is -5.20. The number of carbonyl (C=O) groups excluding carboxylic acids is 1. The molecule has 1 aliphatic rings. The van der Waals surface area contributed by atoms with Gasteiger partial charge in [-0.3, -0.25) is 5.32 Å². The summed E-state index contributed by atoms with van der Waals surface area (Å²) in [6.07, 6.45) is -11.4. The number of nitrogens with one attached hydrogen (secondary N) is 1. The van der Waals surface area contributed by atoms with Crippen LogP contribution in [0.2, 0.25) is 0 Å². The predicted molar refractivity (Wildman–Crippen MR) is 130 cm³/mol. The first-order valence-corrected chi connectivity index (χ1v) is 12.3. The molecule has 3 aromatic rings. The molecule has 0 aliphatic carbocycles. The number of carbonyl (C=O) groups is 1. The highest BCUT2D eigenvalue weighted by Crippen LogP contribution is 2.45. The molecule has 40 heavy (non-hydrogen) atoms. The van der Waals surface area contributed by atoms with Crippen molar-refractivity contribution in [1.29, 1.82) is 0 Å². The molecule has 3 heterocycles. The largest absolute Gasteiger partial charge is 0.444 e. The lowest BCUT2D eigenvalue weighted by Gasteiger charge is -2.27. The van der Waals surface area contributed by atoms with Crippen LogP contribution in [0.4, 0.5) is 36.8 Å². The van der Waals surface area contributed by atoms with Gasteiger partial charge in [0.2, 0.25) is 5.60 Å². The maximum atomic E-state index is 14.3. The number of pyridine rings is 1. The number of amides is 1. The van der Waals surface area contributed by atoms with Crippen molar-refractivity contribution in [2.24, 2.45) is 0 Å². The van der Waals surface area contributed by atoms with Gasteiger partial charge in [0.15, 0.2) is 5.69 Å². The molecule has 1 aromatic carbocycles. The summed E-state index contributed by atoms with van der Waals surface area (Å²) < 4.78 is 95.4. The molecule has 1 aliphatic heterocycles. The van der Waals surface area contributed by atoms with E-state index in [1.807, 2.05) is 0 Å². The summed E-state index contributed by atoms with van der Waals surface area (Å²) in [7, 11) is 0. The predicted octanol–water partition coefficient (Wildman–Crippen LogP) is 7.03. The zero-order valence-electron chi connectivity index (χ0n) is 21.7. The molecule has 1 unspecified atom stereocenters. The first kappa shape index (κ1) is 29.3.